The molecule has 0 bridgehead atoms. The van der Waals surface area contributed by atoms with E-state index in [2.05, 4.69) is 5.32 Å². The van der Waals surface area contributed by atoms with Crippen LogP contribution in [0.2, 0.25) is 0 Å². The van der Waals surface area contributed by atoms with Crippen molar-refractivity contribution in [3.63, 3.8) is 0 Å². The molecule has 3 N–H and O–H groups in total. The summed E-state index contributed by atoms with van der Waals surface area (Å²) in [5.41, 5.74) is 0.946. The molecule has 1 aliphatic rings. The third kappa shape index (κ3) is 3.79. The molecule has 33 heavy (non-hydrogen) atoms. The number of rotatable bonds is 6. The molecule has 1 fully saturated rings. The Hall–Kier alpha value is -3.24. The van der Waals surface area contributed by atoms with Crippen molar-refractivity contribution in [3.05, 3.63) is 144 Å². The zero-order valence-electron chi connectivity index (χ0n) is 18.5. The highest BCUT2D eigenvalue weighted by Gasteiger charge is 2.50. The van der Waals surface area contributed by atoms with Crippen molar-refractivity contribution in [1.29, 1.82) is 0 Å². The molecule has 0 unspecified atom stereocenters. The molecule has 4 aromatic rings. The summed E-state index contributed by atoms with van der Waals surface area (Å²) in [6.07, 6.45) is 1.46. The van der Waals surface area contributed by atoms with E-state index in [1.54, 1.807) is 0 Å². The second-order valence-electron chi connectivity index (χ2n) is 8.85. The van der Waals surface area contributed by atoms with Gasteiger partial charge in [-0.05, 0) is 35.1 Å². The molecule has 4 aromatic carbocycles. The van der Waals surface area contributed by atoms with Gasteiger partial charge in [0, 0.05) is 12.1 Å². The van der Waals surface area contributed by atoms with Gasteiger partial charge >= 0.3 is 0 Å². The van der Waals surface area contributed by atoms with E-state index in [1.165, 1.54) is 0 Å². The van der Waals surface area contributed by atoms with E-state index in [1.807, 2.05) is 121 Å². The van der Waals surface area contributed by atoms with Crippen LogP contribution >= 0.6 is 0 Å². The number of hydrogen-bond acceptors (Lipinski definition) is 3. The minimum absolute atomic E-state index is 0.258. The van der Waals surface area contributed by atoms with E-state index in [0.717, 1.165) is 35.1 Å². The van der Waals surface area contributed by atoms with Crippen molar-refractivity contribution in [2.24, 2.45) is 0 Å². The molecular weight excluding hydrogens is 406 g/mol. The average molecular weight is 436 g/mol. The first kappa shape index (κ1) is 21.6. The Labute approximate surface area is 195 Å². The van der Waals surface area contributed by atoms with Crippen LogP contribution in [-0.2, 0) is 11.2 Å². The summed E-state index contributed by atoms with van der Waals surface area (Å²) in [7, 11) is 0. The van der Waals surface area contributed by atoms with Gasteiger partial charge in [0.15, 0.2) is 0 Å². The highest BCUT2D eigenvalue weighted by atomic mass is 16.3. The van der Waals surface area contributed by atoms with Crippen molar-refractivity contribution in [3.8, 4) is 0 Å². The van der Waals surface area contributed by atoms with E-state index in [4.69, 9.17) is 0 Å². The molecule has 1 saturated heterocycles. The average Bonchev–Trinajstić information content (AvgIpc) is 3.41. The van der Waals surface area contributed by atoms with Gasteiger partial charge in [0.25, 0.3) is 0 Å². The molecule has 0 aromatic heterocycles. The molecule has 2 atom stereocenters. The van der Waals surface area contributed by atoms with Crippen LogP contribution in [-0.4, -0.2) is 22.3 Å². The largest absolute Gasteiger partial charge is 0.379 e. The van der Waals surface area contributed by atoms with Gasteiger partial charge in [-0.15, -0.1) is 0 Å². The normalized spacial score (nSPS) is 18.8. The number of nitrogens with one attached hydrogen (secondary N) is 1. The standard InChI is InChI=1S/C30H29NO2/c32-29(23-13-5-1-6-14-23,24-15-7-2-8-16-24)27-21-22-28(31-27)30(33,25-17-9-3-10-18-25)26-19-11-4-12-20-26/h1-20,27-28,31-33H,21-22H2/t27-,28-/m0/s1. The number of aliphatic hydroxyl groups is 2. The second kappa shape index (κ2) is 8.95. The fourth-order valence-corrected chi connectivity index (χ4v) is 5.31. The summed E-state index contributed by atoms with van der Waals surface area (Å²) in [6.45, 7) is 0. The Morgan fingerprint density at radius 1 is 0.455 bits per heavy atom. The van der Waals surface area contributed by atoms with Crippen LogP contribution < -0.4 is 5.32 Å². The Morgan fingerprint density at radius 3 is 0.939 bits per heavy atom. The van der Waals surface area contributed by atoms with Gasteiger partial charge in [-0.3, -0.25) is 0 Å². The predicted octanol–water partition coefficient (Wildman–Crippen LogP) is 4.98. The van der Waals surface area contributed by atoms with Crippen LogP contribution in [0.4, 0.5) is 0 Å². The highest BCUT2D eigenvalue weighted by molar-refractivity contribution is 5.42. The molecule has 3 heteroatoms. The molecule has 1 aliphatic heterocycles. The topological polar surface area (TPSA) is 52.5 Å². The van der Waals surface area contributed by atoms with Crippen molar-refractivity contribution >= 4 is 0 Å². The maximum atomic E-state index is 12.2. The molecule has 0 amide bonds. The first-order chi connectivity index (χ1) is 16.1. The molecule has 3 nitrogen and oxygen atoms in total. The first-order valence-corrected chi connectivity index (χ1v) is 11.6. The Bertz CT molecular complexity index is 989. The molecule has 0 saturated carbocycles. The van der Waals surface area contributed by atoms with E-state index >= 15 is 0 Å². The first-order valence-electron chi connectivity index (χ1n) is 11.6. The molecular formula is C30H29NO2. The van der Waals surface area contributed by atoms with Crippen molar-refractivity contribution in [2.45, 2.75) is 36.1 Å². The smallest absolute Gasteiger partial charge is 0.130 e. The molecule has 1 heterocycles. The fraction of sp³-hybridized carbons (Fsp3) is 0.200. The minimum atomic E-state index is -1.22. The van der Waals surface area contributed by atoms with Gasteiger partial charge in [0.05, 0.1) is 0 Å². The summed E-state index contributed by atoms with van der Waals surface area (Å²) >= 11 is 0. The lowest BCUT2D eigenvalue weighted by molar-refractivity contribution is 0.0181. The van der Waals surface area contributed by atoms with Crippen LogP contribution in [0.15, 0.2) is 121 Å². The predicted molar refractivity (Wildman–Crippen MR) is 132 cm³/mol. The Balaban J connectivity index is 1.56. The van der Waals surface area contributed by atoms with Crippen molar-refractivity contribution in [1.82, 2.24) is 5.32 Å². The third-order valence-corrected chi connectivity index (χ3v) is 7.01. The Kier molecular flexibility index (Phi) is 5.86. The van der Waals surface area contributed by atoms with Crippen molar-refractivity contribution in [2.75, 3.05) is 0 Å². The van der Waals surface area contributed by atoms with Crippen LogP contribution in [0.25, 0.3) is 0 Å². The fourth-order valence-electron chi connectivity index (χ4n) is 5.31. The lowest BCUT2D eigenvalue weighted by Gasteiger charge is -2.39. The van der Waals surface area contributed by atoms with Crippen LogP contribution in [0.5, 0.6) is 0 Å². The number of benzene rings is 4. The van der Waals surface area contributed by atoms with Gasteiger partial charge in [0.2, 0.25) is 0 Å². The molecule has 0 aliphatic carbocycles. The van der Waals surface area contributed by atoms with E-state index < -0.39 is 11.2 Å². The minimum Gasteiger partial charge on any atom is -0.379 e. The van der Waals surface area contributed by atoms with Gasteiger partial charge in [-0.25, -0.2) is 0 Å². The third-order valence-electron chi connectivity index (χ3n) is 7.01. The van der Waals surface area contributed by atoms with E-state index in [-0.39, 0.29) is 12.1 Å². The lowest BCUT2D eigenvalue weighted by atomic mass is 9.79. The Morgan fingerprint density at radius 2 is 0.697 bits per heavy atom. The van der Waals surface area contributed by atoms with Gasteiger partial charge < -0.3 is 15.5 Å². The van der Waals surface area contributed by atoms with Crippen LogP contribution in [0.3, 0.4) is 0 Å². The van der Waals surface area contributed by atoms with Crippen LogP contribution in [0.1, 0.15) is 35.1 Å². The van der Waals surface area contributed by atoms with E-state index in [0.29, 0.717) is 0 Å². The summed E-state index contributed by atoms with van der Waals surface area (Å²) in [4.78, 5) is 0. The maximum absolute atomic E-state index is 12.2. The zero-order valence-corrected chi connectivity index (χ0v) is 18.5. The number of hydrogen-bond donors (Lipinski definition) is 3. The summed E-state index contributed by atoms with van der Waals surface area (Å²) in [5.74, 6) is 0. The quantitative estimate of drug-likeness (QED) is 0.400. The van der Waals surface area contributed by atoms with Crippen LogP contribution in [0, 0.1) is 0 Å². The lowest BCUT2D eigenvalue weighted by Crippen LogP contribution is -2.53. The second-order valence-corrected chi connectivity index (χ2v) is 8.85. The highest BCUT2D eigenvalue weighted by Crippen LogP contribution is 2.43. The maximum Gasteiger partial charge on any atom is 0.130 e. The van der Waals surface area contributed by atoms with Crippen molar-refractivity contribution < 1.29 is 10.2 Å². The van der Waals surface area contributed by atoms with Gasteiger partial charge in [-0.1, -0.05) is 121 Å². The van der Waals surface area contributed by atoms with Gasteiger partial charge in [0.1, 0.15) is 11.2 Å². The molecule has 0 spiro atoms. The molecule has 0 radical (unpaired) electrons. The summed E-state index contributed by atoms with van der Waals surface area (Å²) in [6, 6.07) is 38.8. The van der Waals surface area contributed by atoms with Gasteiger partial charge in [-0.2, -0.15) is 0 Å². The summed E-state index contributed by atoms with van der Waals surface area (Å²) < 4.78 is 0. The molecule has 5 rings (SSSR count). The summed E-state index contributed by atoms with van der Waals surface area (Å²) in [5, 5.41) is 28.1. The monoisotopic (exact) mass is 435 g/mol. The van der Waals surface area contributed by atoms with E-state index in [9.17, 15) is 10.2 Å². The SMILES string of the molecule is OC(c1ccccc1)(c1ccccc1)[C@@H]1CC[C@@H](C(O)(c2ccccc2)c2ccccc2)N1. The zero-order chi connectivity index (χ0) is 22.7. The molecule has 166 valence electrons.